The third-order valence-corrected chi connectivity index (χ3v) is 11.6. The monoisotopic (exact) mass is 666 g/mol. The Morgan fingerprint density at radius 2 is 1.46 bits per heavy atom. The second-order valence-electron chi connectivity index (χ2n) is 14.5. The van der Waals surface area contributed by atoms with Gasteiger partial charge in [0.15, 0.2) is 11.6 Å². The first-order valence-electron chi connectivity index (χ1n) is 18.2. The Hall–Kier alpha value is -6.39. The maximum atomic E-state index is 5.15. The summed E-state index contributed by atoms with van der Waals surface area (Å²) in [6.07, 6.45) is 21.2. The number of benzene rings is 5. The van der Waals surface area contributed by atoms with Crippen molar-refractivity contribution >= 4 is 33.3 Å². The Balaban J connectivity index is 1.20. The van der Waals surface area contributed by atoms with E-state index in [0.717, 1.165) is 29.1 Å². The first-order valence-corrected chi connectivity index (χ1v) is 18.2. The van der Waals surface area contributed by atoms with Gasteiger partial charge in [0.25, 0.3) is 0 Å². The molecule has 7 aromatic rings. The fourth-order valence-corrected chi connectivity index (χ4v) is 9.19. The van der Waals surface area contributed by atoms with Crippen LogP contribution in [0, 0.1) is 5.92 Å². The fourth-order valence-electron chi connectivity index (χ4n) is 9.19. The van der Waals surface area contributed by atoms with Gasteiger partial charge in [-0.15, -0.1) is 0 Å². The van der Waals surface area contributed by atoms with Crippen LogP contribution in [0.5, 0.6) is 0 Å². The molecule has 0 aliphatic heterocycles. The normalized spacial score (nSPS) is 20.6. The summed E-state index contributed by atoms with van der Waals surface area (Å²) >= 11 is 0. The molecule has 3 unspecified atom stereocenters. The minimum absolute atomic E-state index is 0.0987. The molecule has 4 aliphatic rings. The molecular formula is C48H34N4. The number of hydrogen-bond donors (Lipinski definition) is 0. The van der Waals surface area contributed by atoms with Crippen molar-refractivity contribution in [2.75, 3.05) is 0 Å². The van der Waals surface area contributed by atoms with E-state index >= 15 is 0 Å². The van der Waals surface area contributed by atoms with E-state index in [4.69, 9.17) is 15.0 Å². The third kappa shape index (κ3) is 4.12. The molecule has 2 heterocycles. The van der Waals surface area contributed by atoms with Gasteiger partial charge in [-0.3, -0.25) is 0 Å². The largest absolute Gasteiger partial charge is 0.309 e. The van der Waals surface area contributed by atoms with Gasteiger partial charge in [-0.1, -0.05) is 147 Å². The lowest BCUT2D eigenvalue weighted by atomic mass is 9.61. The lowest BCUT2D eigenvalue weighted by Gasteiger charge is -2.41. The molecule has 0 fully saturated rings. The third-order valence-electron chi connectivity index (χ3n) is 11.6. The van der Waals surface area contributed by atoms with Crippen LogP contribution < -0.4 is 0 Å². The van der Waals surface area contributed by atoms with Crippen molar-refractivity contribution < 1.29 is 0 Å². The minimum Gasteiger partial charge on any atom is -0.309 e. The Bertz CT molecular complexity index is 2790. The number of allylic oxidation sites excluding steroid dienone is 9. The van der Waals surface area contributed by atoms with E-state index in [2.05, 4.69) is 157 Å². The molecular weight excluding hydrogens is 633 g/mol. The lowest BCUT2D eigenvalue weighted by Crippen LogP contribution is -2.35. The highest BCUT2D eigenvalue weighted by atomic mass is 15.0. The van der Waals surface area contributed by atoms with Gasteiger partial charge in [0, 0.05) is 44.8 Å². The Morgan fingerprint density at radius 1 is 0.673 bits per heavy atom. The van der Waals surface area contributed by atoms with E-state index in [1.54, 1.807) is 0 Å². The quantitative estimate of drug-likeness (QED) is 0.188. The minimum atomic E-state index is -0.237. The molecule has 2 aromatic heterocycles. The summed E-state index contributed by atoms with van der Waals surface area (Å²) in [7, 11) is 0. The molecule has 0 radical (unpaired) electrons. The predicted octanol–water partition coefficient (Wildman–Crippen LogP) is 11.4. The number of aromatic nitrogens is 4. The van der Waals surface area contributed by atoms with Crippen LogP contribution in [0.25, 0.3) is 72.9 Å². The number of hydrogen-bond acceptors (Lipinski definition) is 3. The standard InChI is InChI=1S/C48H34N4/c1-48-34-20-13-25-40(48)38-24-11-10-23-37(38)39-29-32-18-8-9-22-36(32)44-42(39)43(48)41(27-26-34)52(44)35-21-12-19-33(28-35)47-50-45(30-14-4-2-5-15-30)49-46(51-47)31-16-6-3-7-17-31/h2-16,18-29,31,34H,17H2,1H3. The average Bonchev–Trinajstić information content (AvgIpc) is 3.53. The van der Waals surface area contributed by atoms with Gasteiger partial charge >= 0.3 is 0 Å². The van der Waals surface area contributed by atoms with Gasteiger partial charge in [-0.2, -0.15) is 0 Å². The van der Waals surface area contributed by atoms with E-state index in [0.29, 0.717) is 11.6 Å². The number of fused-ring (bicyclic) bond motifs is 5. The summed E-state index contributed by atoms with van der Waals surface area (Å²) in [4.78, 5) is 15.3. The molecule has 4 nitrogen and oxygen atoms in total. The van der Waals surface area contributed by atoms with Gasteiger partial charge in [0.05, 0.1) is 11.2 Å². The number of rotatable bonds is 4. The van der Waals surface area contributed by atoms with Gasteiger partial charge in [-0.25, -0.2) is 15.0 Å². The Morgan fingerprint density at radius 3 is 2.33 bits per heavy atom. The van der Waals surface area contributed by atoms with Crippen LogP contribution in [-0.4, -0.2) is 19.5 Å². The molecule has 0 amide bonds. The molecule has 0 spiro atoms. The molecule has 52 heavy (non-hydrogen) atoms. The molecule has 4 aliphatic carbocycles. The molecule has 0 bridgehead atoms. The van der Waals surface area contributed by atoms with Crippen LogP contribution in [0.2, 0.25) is 0 Å². The smallest absolute Gasteiger partial charge is 0.163 e. The highest BCUT2D eigenvalue weighted by Crippen LogP contribution is 2.59. The fraction of sp³-hybridized carbons (Fsp3) is 0.104. The van der Waals surface area contributed by atoms with Crippen molar-refractivity contribution in [3.8, 4) is 39.6 Å². The highest BCUT2D eigenvalue weighted by molar-refractivity contribution is 6.19. The SMILES string of the molecule is CC12C3=CC=CC1C=Cc1c2c2c(cc4ccccc4c2n1-c1cccc(-c2nc(-c4ccccc4)nc(C4C=CC=CC4)n2)c1)-c1ccccc13. The zero-order valence-corrected chi connectivity index (χ0v) is 28.7. The zero-order valence-electron chi connectivity index (χ0n) is 28.7. The summed E-state index contributed by atoms with van der Waals surface area (Å²) in [5, 5.41) is 3.82. The van der Waals surface area contributed by atoms with Gasteiger partial charge < -0.3 is 4.57 Å². The molecule has 0 N–H and O–H groups in total. The van der Waals surface area contributed by atoms with E-state index < -0.39 is 0 Å². The van der Waals surface area contributed by atoms with Crippen LogP contribution in [-0.2, 0) is 5.41 Å². The van der Waals surface area contributed by atoms with Crippen LogP contribution >= 0.6 is 0 Å². The van der Waals surface area contributed by atoms with E-state index in [1.807, 2.05) is 18.2 Å². The molecule has 3 atom stereocenters. The molecule has 0 saturated heterocycles. The number of nitrogens with zero attached hydrogens (tertiary/aromatic N) is 4. The van der Waals surface area contributed by atoms with Crippen LogP contribution in [0.3, 0.4) is 0 Å². The van der Waals surface area contributed by atoms with Crippen molar-refractivity contribution in [3.05, 3.63) is 180 Å². The maximum absolute atomic E-state index is 5.15. The first-order chi connectivity index (χ1) is 25.7. The lowest BCUT2D eigenvalue weighted by molar-refractivity contribution is 0.514. The van der Waals surface area contributed by atoms with Crippen molar-refractivity contribution in [2.24, 2.45) is 5.92 Å². The van der Waals surface area contributed by atoms with Gasteiger partial charge in [0.2, 0.25) is 0 Å². The first kappa shape index (κ1) is 29.4. The van der Waals surface area contributed by atoms with E-state index in [1.165, 1.54) is 55.2 Å². The summed E-state index contributed by atoms with van der Waals surface area (Å²) in [6, 6.07) is 39.3. The Kier molecular flexibility index (Phi) is 6.24. The van der Waals surface area contributed by atoms with Crippen LogP contribution in [0.1, 0.15) is 41.9 Å². The summed E-state index contributed by atoms with van der Waals surface area (Å²) in [6.45, 7) is 2.46. The second-order valence-corrected chi connectivity index (χ2v) is 14.5. The molecule has 246 valence electrons. The second kappa shape index (κ2) is 11.1. The topological polar surface area (TPSA) is 43.6 Å². The zero-order chi connectivity index (χ0) is 34.4. The maximum Gasteiger partial charge on any atom is 0.163 e. The summed E-state index contributed by atoms with van der Waals surface area (Å²) in [5.74, 6) is 2.52. The van der Waals surface area contributed by atoms with E-state index in [-0.39, 0.29) is 17.3 Å². The van der Waals surface area contributed by atoms with Crippen molar-refractivity contribution in [2.45, 2.75) is 24.7 Å². The van der Waals surface area contributed by atoms with Crippen molar-refractivity contribution in [3.63, 3.8) is 0 Å². The average molecular weight is 667 g/mol. The van der Waals surface area contributed by atoms with Crippen molar-refractivity contribution in [1.29, 1.82) is 0 Å². The van der Waals surface area contributed by atoms with Crippen LogP contribution in [0.15, 0.2) is 158 Å². The summed E-state index contributed by atoms with van der Waals surface area (Å²) in [5.41, 5.74) is 12.0. The Labute approximate surface area is 302 Å². The predicted molar refractivity (Wildman–Crippen MR) is 213 cm³/mol. The van der Waals surface area contributed by atoms with Gasteiger partial charge in [0.1, 0.15) is 5.82 Å². The molecule has 5 aromatic carbocycles. The molecule has 4 heteroatoms. The van der Waals surface area contributed by atoms with Crippen LogP contribution in [0.4, 0.5) is 0 Å². The highest BCUT2D eigenvalue weighted by Gasteiger charge is 2.47. The summed E-state index contributed by atoms with van der Waals surface area (Å²) < 4.78 is 2.51. The van der Waals surface area contributed by atoms with Gasteiger partial charge in [-0.05, 0) is 63.9 Å². The van der Waals surface area contributed by atoms with E-state index in [9.17, 15) is 0 Å². The molecule has 0 saturated carbocycles. The van der Waals surface area contributed by atoms with Crippen molar-refractivity contribution in [1.82, 2.24) is 19.5 Å². The molecule has 11 rings (SSSR count).